The number of carbonyl (C=O) groups is 1. The molecule has 0 bridgehead atoms. The maximum absolute atomic E-state index is 13.7. The predicted molar refractivity (Wildman–Crippen MR) is 152 cm³/mol. The van der Waals surface area contributed by atoms with E-state index in [2.05, 4.69) is 22.3 Å². The molecule has 3 atom stereocenters. The Labute approximate surface area is 237 Å². The molecule has 1 aromatic heterocycles. The number of anilines is 1. The fourth-order valence-corrected chi connectivity index (χ4v) is 7.08. The fourth-order valence-electron chi connectivity index (χ4n) is 5.25. The van der Waals surface area contributed by atoms with Crippen molar-refractivity contribution in [3.8, 4) is 17.6 Å². The van der Waals surface area contributed by atoms with Gasteiger partial charge in [-0.2, -0.15) is 4.31 Å². The molecule has 1 aliphatic heterocycles. The van der Waals surface area contributed by atoms with Gasteiger partial charge in [-0.05, 0) is 57.7 Å². The number of fused-ring (bicyclic) bond motifs is 1. The average Bonchev–Trinajstić information content (AvgIpc) is 3.55. The third-order valence-corrected chi connectivity index (χ3v) is 9.85. The molecule has 11 heteroatoms. The summed E-state index contributed by atoms with van der Waals surface area (Å²) in [6.45, 7) is 7.01. The number of ether oxygens (including phenoxy) is 1. The lowest BCUT2D eigenvalue weighted by molar-refractivity contribution is 0.0830. The van der Waals surface area contributed by atoms with Crippen molar-refractivity contribution in [3.05, 3.63) is 35.2 Å². The number of nitrogens with one attached hydrogen (secondary N) is 1. The number of aliphatic hydroxyl groups excluding tert-OH is 1. The highest BCUT2D eigenvalue weighted by Gasteiger charge is 2.38. The highest BCUT2D eigenvalue weighted by atomic mass is 32.2. The van der Waals surface area contributed by atoms with Crippen LogP contribution >= 0.6 is 0 Å². The van der Waals surface area contributed by atoms with Crippen LogP contribution in [-0.2, 0) is 10.0 Å². The van der Waals surface area contributed by atoms with Crippen molar-refractivity contribution in [2.75, 3.05) is 32.1 Å². The predicted octanol–water partition coefficient (Wildman–Crippen LogP) is 4.16. The van der Waals surface area contributed by atoms with Crippen LogP contribution in [0.25, 0.3) is 0 Å². The number of aryl methyl sites for hydroxylation is 2. The topological polar surface area (TPSA) is 125 Å². The van der Waals surface area contributed by atoms with E-state index >= 15 is 0 Å². The van der Waals surface area contributed by atoms with Crippen LogP contribution in [0.5, 0.6) is 5.75 Å². The Kier molecular flexibility index (Phi) is 9.44. The van der Waals surface area contributed by atoms with E-state index in [1.807, 2.05) is 6.92 Å². The van der Waals surface area contributed by atoms with Gasteiger partial charge in [-0.25, -0.2) is 13.2 Å². The first-order chi connectivity index (χ1) is 19.0. The second kappa shape index (κ2) is 12.6. The normalized spacial score (nSPS) is 21.8. The molecular weight excluding hydrogens is 532 g/mol. The lowest BCUT2D eigenvalue weighted by Crippen LogP contribution is -2.50. The molecule has 2 N–H and O–H groups in total. The van der Waals surface area contributed by atoms with E-state index in [9.17, 15) is 18.3 Å². The maximum atomic E-state index is 13.7. The summed E-state index contributed by atoms with van der Waals surface area (Å²) in [4.78, 5) is 14.5. The minimum Gasteiger partial charge on any atom is -0.487 e. The number of amides is 2. The van der Waals surface area contributed by atoms with E-state index in [-0.39, 0.29) is 42.3 Å². The number of rotatable bonds is 6. The lowest BCUT2D eigenvalue weighted by atomic mass is 10.0. The van der Waals surface area contributed by atoms with Gasteiger partial charge >= 0.3 is 6.03 Å². The molecule has 40 heavy (non-hydrogen) atoms. The molecule has 0 unspecified atom stereocenters. The largest absolute Gasteiger partial charge is 0.487 e. The average molecular weight is 573 g/mol. The molecule has 2 amide bonds. The number of carbonyl (C=O) groups excluding carboxylic acids is 1. The highest BCUT2D eigenvalue weighted by molar-refractivity contribution is 7.89. The molecule has 1 aliphatic carbocycles. The summed E-state index contributed by atoms with van der Waals surface area (Å²) in [7, 11) is -2.31. The van der Waals surface area contributed by atoms with Crippen LogP contribution in [0.2, 0.25) is 0 Å². The van der Waals surface area contributed by atoms with Crippen LogP contribution in [0.3, 0.4) is 0 Å². The van der Waals surface area contributed by atoms with Crippen LogP contribution in [0.1, 0.15) is 63.0 Å². The maximum Gasteiger partial charge on any atom is 0.321 e. The van der Waals surface area contributed by atoms with Crippen LogP contribution in [0.15, 0.2) is 27.6 Å². The number of nitrogens with zero attached hydrogens (tertiary/aromatic N) is 3. The van der Waals surface area contributed by atoms with Gasteiger partial charge in [0.1, 0.15) is 28.1 Å². The van der Waals surface area contributed by atoms with E-state index in [0.29, 0.717) is 28.6 Å². The summed E-state index contributed by atoms with van der Waals surface area (Å²) in [6, 6.07) is 3.90. The van der Waals surface area contributed by atoms with Crippen molar-refractivity contribution in [2.45, 2.75) is 76.8 Å². The summed E-state index contributed by atoms with van der Waals surface area (Å²) >= 11 is 0. The van der Waals surface area contributed by atoms with Crippen molar-refractivity contribution < 1.29 is 27.6 Å². The molecule has 0 spiro atoms. The Morgan fingerprint density at radius 3 is 2.67 bits per heavy atom. The number of urea groups is 1. The van der Waals surface area contributed by atoms with Gasteiger partial charge in [-0.3, -0.25) is 0 Å². The van der Waals surface area contributed by atoms with Crippen LogP contribution in [-0.4, -0.2) is 72.8 Å². The van der Waals surface area contributed by atoms with Gasteiger partial charge in [0.15, 0.2) is 5.76 Å². The molecule has 1 fully saturated rings. The van der Waals surface area contributed by atoms with Gasteiger partial charge in [0, 0.05) is 37.5 Å². The van der Waals surface area contributed by atoms with Gasteiger partial charge in [-0.15, -0.1) is 0 Å². The quantitative estimate of drug-likeness (QED) is 0.498. The minimum absolute atomic E-state index is 0.0221. The molecule has 2 aromatic rings. The third-order valence-electron chi connectivity index (χ3n) is 7.83. The minimum atomic E-state index is -3.96. The smallest absolute Gasteiger partial charge is 0.321 e. The summed E-state index contributed by atoms with van der Waals surface area (Å²) in [5.74, 6) is 7.46. The Bertz CT molecular complexity index is 1350. The summed E-state index contributed by atoms with van der Waals surface area (Å²) < 4.78 is 40.3. The zero-order valence-electron chi connectivity index (χ0n) is 23.9. The second-order valence-corrected chi connectivity index (χ2v) is 12.9. The van der Waals surface area contributed by atoms with Gasteiger partial charge in [0.05, 0.1) is 13.2 Å². The number of sulfonamides is 1. The van der Waals surface area contributed by atoms with Gasteiger partial charge in [0.2, 0.25) is 10.0 Å². The zero-order valence-corrected chi connectivity index (χ0v) is 24.8. The number of likely N-dealkylation sites (N-methyl/N-ethyl adjacent to an activating group) is 1. The lowest BCUT2D eigenvalue weighted by Gasteiger charge is -2.37. The molecule has 10 nitrogen and oxygen atoms in total. The number of hydrogen-bond donors (Lipinski definition) is 2. The Hall–Kier alpha value is -3.07. The first-order valence-electron chi connectivity index (χ1n) is 13.9. The number of aromatic nitrogens is 1. The summed E-state index contributed by atoms with van der Waals surface area (Å²) in [5.41, 5.74) is 1.76. The van der Waals surface area contributed by atoms with Crippen LogP contribution < -0.4 is 10.1 Å². The molecule has 218 valence electrons. The van der Waals surface area contributed by atoms with E-state index in [4.69, 9.17) is 9.26 Å². The Balaban J connectivity index is 1.62. The highest BCUT2D eigenvalue weighted by Crippen LogP contribution is 2.34. The SMILES string of the molecule is Cc1noc(C)c1NC(=O)N(C)C[C@@H]1Oc2cc(C#CCC3CCCC3)ccc2S(=O)(=O)N([C@H](C)CO)C[C@@H]1C. The second-order valence-electron chi connectivity index (χ2n) is 11.1. The molecule has 0 saturated heterocycles. The molecular formula is C29H40N4O6S. The van der Waals surface area contributed by atoms with Crippen molar-refractivity contribution in [2.24, 2.45) is 11.8 Å². The molecule has 2 aliphatic rings. The van der Waals surface area contributed by atoms with Crippen molar-refractivity contribution in [1.29, 1.82) is 0 Å². The first kappa shape index (κ1) is 29.9. The van der Waals surface area contributed by atoms with Crippen LogP contribution in [0.4, 0.5) is 10.5 Å². The monoisotopic (exact) mass is 572 g/mol. The molecule has 0 radical (unpaired) electrons. The van der Waals surface area contributed by atoms with E-state index < -0.39 is 22.2 Å². The van der Waals surface area contributed by atoms with E-state index in [1.54, 1.807) is 40.0 Å². The fraction of sp³-hybridized carbons (Fsp3) is 0.586. The van der Waals surface area contributed by atoms with Gasteiger partial charge < -0.3 is 24.6 Å². The molecule has 2 heterocycles. The Morgan fingerprint density at radius 1 is 1.30 bits per heavy atom. The van der Waals surface area contributed by atoms with Crippen LogP contribution in [0, 0.1) is 37.5 Å². The number of hydrogen-bond acceptors (Lipinski definition) is 7. The molecule has 4 rings (SSSR count). The van der Waals surface area contributed by atoms with Crippen molar-refractivity contribution >= 4 is 21.7 Å². The van der Waals surface area contributed by atoms with E-state index in [0.717, 1.165) is 6.42 Å². The zero-order chi connectivity index (χ0) is 29.0. The van der Waals surface area contributed by atoms with Crippen molar-refractivity contribution in [1.82, 2.24) is 14.4 Å². The first-order valence-corrected chi connectivity index (χ1v) is 15.3. The standard InChI is InChI=1S/C29H40N4O6S/c1-19-16-33(20(2)18-34)40(36,37)27-14-13-24(12-8-11-23-9-6-7-10-23)15-25(27)38-26(19)17-32(5)29(35)30-28-21(3)31-39-22(28)4/h13-15,19-20,23,26,34H,6-7,9-11,16-18H2,1-5H3,(H,30,35)/t19-,20+,26-/m0/s1. The summed E-state index contributed by atoms with van der Waals surface area (Å²) in [6.07, 6.45) is 5.20. The van der Waals surface area contributed by atoms with Gasteiger partial charge in [-0.1, -0.05) is 36.8 Å². The van der Waals surface area contributed by atoms with Gasteiger partial charge in [0.25, 0.3) is 0 Å². The number of aliphatic hydroxyl groups is 1. The number of benzene rings is 1. The summed E-state index contributed by atoms with van der Waals surface area (Å²) in [5, 5.41) is 16.6. The van der Waals surface area contributed by atoms with Crippen molar-refractivity contribution in [3.63, 3.8) is 0 Å². The third kappa shape index (κ3) is 6.62. The van der Waals surface area contributed by atoms with E-state index in [1.165, 1.54) is 41.0 Å². The Morgan fingerprint density at radius 2 is 2.02 bits per heavy atom. The molecule has 1 aromatic carbocycles. The molecule has 1 saturated carbocycles.